The second-order valence-electron chi connectivity index (χ2n) is 10.4. The topological polar surface area (TPSA) is 105 Å². The molecule has 1 aromatic heterocycles. The van der Waals surface area contributed by atoms with E-state index in [1.165, 1.54) is 24.3 Å². The van der Waals surface area contributed by atoms with Crippen LogP contribution in [-0.2, 0) is 22.6 Å². The van der Waals surface area contributed by atoms with Crippen LogP contribution in [0, 0.1) is 0 Å². The molecule has 1 amide bonds. The van der Waals surface area contributed by atoms with E-state index in [0.29, 0.717) is 27.9 Å². The third-order valence-corrected chi connectivity index (χ3v) is 10.3. The van der Waals surface area contributed by atoms with Crippen LogP contribution < -0.4 is 10.2 Å². The van der Waals surface area contributed by atoms with Crippen molar-refractivity contribution < 1.29 is 31.5 Å². The fraction of sp³-hybridized carbons (Fsp3) is 0.290. The van der Waals surface area contributed by atoms with E-state index in [1.54, 1.807) is 47.9 Å². The molecule has 43 heavy (non-hydrogen) atoms. The Morgan fingerprint density at radius 2 is 1.65 bits per heavy atom. The summed E-state index contributed by atoms with van der Waals surface area (Å²) in [5.41, 5.74) is 2.05. The SMILES string of the molecule is CCS(=O)(=O)c1ccc([C@H](CO)NC(=O)c2ccc(-c3c(C4CC4)sc(=O)n3Cc3ccc(C(F)(F)F)cc3)cc2)cc1. The molecule has 12 heteroatoms. The van der Waals surface area contributed by atoms with Gasteiger partial charge in [0.1, 0.15) is 0 Å². The smallest absolute Gasteiger partial charge is 0.394 e. The maximum absolute atomic E-state index is 13.1. The zero-order valence-corrected chi connectivity index (χ0v) is 24.7. The summed E-state index contributed by atoms with van der Waals surface area (Å²) in [5, 5.41) is 12.7. The molecule has 7 nitrogen and oxygen atoms in total. The highest BCUT2D eigenvalue weighted by Crippen LogP contribution is 2.46. The van der Waals surface area contributed by atoms with Crippen molar-refractivity contribution in [2.75, 3.05) is 12.4 Å². The van der Waals surface area contributed by atoms with Gasteiger partial charge in [-0.2, -0.15) is 13.2 Å². The molecule has 0 aliphatic heterocycles. The van der Waals surface area contributed by atoms with Crippen LogP contribution >= 0.6 is 11.3 Å². The number of alkyl halides is 3. The summed E-state index contributed by atoms with van der Waals surface area (Å²) in [6.45, 7) is 1.25. The van der Waals surface area contributed by atoms with Crippen LogP contribution in [0.25, 0.3) is 11.3 Å². The van der Waals surface area contributed by atoms with Gasteiger partial charge in [-0.15, -0.1) is 0 Å². The number of carbonyl (C=O) groups excluding carboxylic acids is 1. The third kappa shape index (κ3) is 6.76. The van der Waals surface area contributed by atoms with Gasteiger partial charge >= 0.3 is 11.0 Å². The van der Waals surface area contributed by atoms with E-state index < -0.39 is 40.1 Å². The van der Waals surface area contributed by atoms with E-state index in [-0.39, 0.29) is 28.0 Å². The molecule has 5 rings (SSSR count). The molecular weight excluding hydrogens is 601 g/mol. The Bertz CT molecular complexity index is 1770. The zero-order valence-electron chi connectivity index (χ0n) is 23.1. The van der Waals surface area contributed by atoms with Crippen molar-refractivity contribution >= 4 is 27.1 Å². The monoisotopic (exact) mass is 630 g/mol. The number of benzene rings is 3. The zero-order chi connectivity index (χ0) is 30.9. The number of hydrogen-bond acceptors (Lipinski definition) is 6. The number of sulfone groups is 1. The summed E-state index contributed by atoms with van der Waals surface area (Å²) in [6, 6.07) is 16.6. The molecule has 4 aromatic rings. The number of hydrogen-bond donors (Lipinski definition) is 2. The number of aliphatic hydroxyl groups is 1. The van der Waals surface area contributed by atoms with Gasteiger partial charge in [-0.25, -0.2) is 8.42 Å². The van der Waals surface area contributed by atoms with Crippen molar-refractivity contribution in [2.45, 2.75) is 49.3 Å². The van der Waals surface area contributed by atoms with Crippen molar-refractivity contribution in [1.29, 1.82) is 0 Å². The first-order chi connectivity index (χ1) is 20.4. The highest BCUT2D eigenvalue weighted by molar-refractivity contribution is 7.91. The van der Waals surface area contributed by atoms with Crippen LogP contribution in [0.15, 0.2) is 82.5 Å². The largest absolute Gasteiger partial charge is 0.416 e. The molecule has 1 fully saturated rings. The molecule has 1 aliphatic rings. The Morgan fingerprint density at radius 3 is 2.19 bits per heavy atom. The summed E-state index contributed by atoms with van der Waals surface area (Å²) >= 11 is 1.14. The predicted octanol–water partition coefficient (Wildman–Crippen LogP) is 5.78. The van der Waals surface area contributed by atoms with Crippen molar-refractivity contribution in [3.05, 3.63) is 110 Å². The van der Waals surface area contributed by atoms with E-state index >= 15 is 0 Å². The highest BCUT2D eigenvalue weighted by atomic mass is 32.2. The first-order valence-electron chi connectivity index (χ1n) is 13.7. The molecule has 1 heterocycles. The maximum Gasteiger partial charge on any atom is 0.416 e. The standard InChI is InChI=1S/C31H29F3N2O5S2/c1-2-43(40,41)25-15-11-20(12-16-25)26(18-37)35-29(38)23-9-5-21(6-10-23)27-28(22-7-8-22)42-30(39)36(27)17-19-3-13-24(14-4-19)31(32,33)34/h3-6,9-16,22,26,37H,2,7-8,17-18H2,1H3,(H,35,38)/t26-/m0/s1. The highest BCUT2D eigenvalue weighted by Gasteiger charge is 2.32. The first-order valence-corrected chi connectivity index (χ1v) is 16.1. The number of rotatable bonds is 10. The van der Waals surface area contributed by atoms with Gasteiger partial charge in [0, 0.05) is 10.4 Å². The second-order valence-corrected chi connectivity index (χ2v) is 13.7. The predicted molar refractivity (Wildman–Crippen MR) is 158 cm³/mol. The second kappa shape index (κ2) is 12.1. The Hall–Kier alpha value is -3.74. The van der Waals surface area contributed by atoms with Gasteiger partial charge in [0.05, 0.1) is 41.1 Å². The molecule has 0 spiro atoms. The average molecular weight is 631 g/mol. The van der Waals surface area contributed by atoms with Gasteiger partial charge in [0.25, 0.3) is 5.91 Å². The maximum atomic E-state index is 13.1. The van der Waals surface area contributed by atoms with E-state index in [1.807, 2.05) is 0 Å². The van der Waals surface area contributed by atoms with Gasteiger partial charge in [-0.1, -0.05) is 54.7 Å². The number of thiazole rings is 1. The molecule has 0 bridgehead atoms. The van der Waals surface area contributed by atoms with E-state index in [0.717, 1.165) is 41.2 Å². The fourth-order valence-corrected chi connectivity index (χ4v) is 6.86. The quantitative estimate of drug-likeness (QED) is 0.231. The van der Waals surface area contributed by atoms with E-state index in [9.17, 15) is 36.3 Å². The van der Waals surface area contributed by atoms with Crippen LogP contribution in [0.2, 0.25) is 0 Å². The lowest BCUT2D eigenvalue weighted by Gasteiger charge is -2.17. The summed E-state index contributed by atoms with van der Waals surface area (Å²) in [5.74, 6) is -0.249. The Labute approximate surface area is 250 Å². The van der Waals surface area contributed by atoms with Gasteiger partial charge in [-0.05, 0) is 71.8 Å². The number of aliphatic hydroxyl groups excluding tert-OH is 1. The lowest BCUT2D eigenvalue weighted by molar-refractivity contribution is -0.137. The molecule has 1 aliphatic carbocycles. The van der Waals surface area contributed by atoms with Crippen molar-refractivity contribution in [3.8, 4) is 11.3 Å². The van der Waals surface area contributed by atoms with Gasteiger partial charge in [0.15, 0.2) is 9.84 Å². The molecule has 0 radical (unpaired) electrons. The summed E-state index contributed by atoms with van der Waals surface area (Å²) in [4.78, 5) is 27.0. The normalized spacial score (nSPS) is 14.4. The molecule has 226 valence electrons. The minimum atomic E-state index is -4.45. The van der Waals surface area contributed by atoms with Crippen molar-refractivity contribution in [3.63, 3.8) is 0 Å². The molecule has 2 N–H and O–H groups in total. The number of carbonyl (C=O) groups is 1. The Morgan fingerprint density at radius 1 is 1.02 bits per heavy atom. The van der Waals surface area contributed by atoms with Crippen molar-refractivity contribution in [1.82, 2.24) is 9.88 Å². The van der Waals surface area contributed by atoms with Crippen LogP contribution in [0.3, 0.4) is 0 Å². The molecule has 0 unspecified atom stereocenters. The van der Waals surface area contributed by atoms with Crippen LogP contribution in [0.1, 0.15) is 63.7 Å². The van der Waals surface area contributed by atoms with Gasteiger partial charge in [-0.3, -0.25) is 14.2 Å². The lowest BCUT2D eigenvalue weighted by atomic mass is 10.0. The fourth-order valence-electron chi connectivity index (χ4n) is 4.80. The lowest BCUT2D eigenvalue weighted by Crippen LogP contribution is -2.30. The number of aromatic nitrogens is 1. The Kier molecular flexibility index (Phi) is 8.64. The van der Waals surface area contributed by atoms with Crippen LogP contribution in [0.5, 0.6) is 0 Å². The third-order valence-electron chi connectivity index (χ3n) is 7.42. The number of amides is 1. The van der Waals surface area contributed by atoms with Crippen LogP contribution in [0.4, 0.5) is 13.2 Å². The Balaban J connectivity index is 1.37. The van der Waals surface area contributed by atoms with Crippen molar-refractivity contribution in [2.24, 2.45) is 0 Å². The molecular formula is C31H29F3N2O5S2. The van der Waals surface area contributed by atoms with E-state index in [4.69, 9.17) is 0 Å². The van der Waals surface area contributed by atoms with Crippen LogP contribution in [-0.4, -0.2) is 36.4 Å². The summed E-state index contributed by atoms with van der Waals surface area (Å²) in [6.07, 6.45) is -2.56. The van der Waals surface area contributed by atoms with Gasteiger partial charge < -0.3 is 10.4 Å². The minimum Gasteiger partial charge on any atom is -0.394 e. The summed E-state index contributed by atoms with van der Waals surface area (Å²) < 4.78 is 64.8. The van der Waals surface area contributed by atoms with Gasteiger partial charge in [0.2, 0.25) is 0 Å². The molecule has 3 aromatic carbocycles. The average Bonchev–Trinajstić information content (AvgIpc) is 3.79. The molecule has 0 saturated heterocycles. The number of nitrogens with one attached hydrogen (secondary N) is 1. The summed E-state index contributed by atoms with van der Waals surface area (Å²) in [7, 11) is -3.38. The first kappa shape index (κ1) is 30.7. The molecule has 1 atom stereocenters. The van der Waals surface area contributed by atoms with E-state index in [2.05, 4.69) is 5.32 Å². The minimum absolute atomic E-state index is 0.0405. The number of nitrogens with zero attached hydrogens (tertiary/aromatic N) is 1. The molecule has 1 saturated carbocycles. The number of halogens is 3.